The second-order valence-electron chi connectivity index (χ2n) is 5.51. The lowest BCUT2D eigenvalue weighted by molar-refractivity contribution is 0.669. The fourth-order valence-corrected chi connectivity index (χ4v) is 3.45. The summed E-state index contributed by atoms with van der Waals surface area (Å²) in [4.78, 5) is 0. The number of para-hydroxylation sites is 2. The van der Waals surface area contributed by atoms with Gasteiger partial charge in [0.2, 0.25) is 0 Å². The lowest BCUT2D eigenvalue weighted by atomic mass is 10.1. The van der Waals surface area contributed by atoms with E-state index in [4.69, 9.17) is 16.0 Å². The summed E-state index contributed by atoms with van der Waals surface area (Å²) >= 11 is 6.33. The minimum Gasteiger partial charge on any atom is -0.450 e. The van der Waals surface area contributed by atoms with Crippen LogP contribution in [0.15, 0.2) is 59.0 Å². The molecule has 2 aromatic carbocycles. The Hall–Kier alpha value is -2.80. The van der Waals surface area contributed by atoms with Crippen molar-refractivity contribution in [2.45, 2.75) is 0 Å². The maximum atomic E-state index is 6.33. The van der Waals surface area contributed by atoms with Crippen molar-refractivity contribution >= 4 is 45.8 Å². The number of aromatic nitrogens is 1. The highest BCUT2D eigenvalue weighted by molar-refractivity contribution is 6.35. The average Bonchev–Trinajstić information content (AvgIpc) is 3.12. The van der Waals surface area contributed by atoms with Crippen LogP contribution in [-0.2, 0) is 0 Å². The summed E-state index contributed by atoms with van der Waals surface area (Å²) in [6.45, 7) is 0. The van der Waals surface area contributed by atoms with Crippen LogP contribution in [0.4, 0.5) is 0 Å². The van der Waals surface area contributed by atoms with Crippen LogP contribution < -0.4 is 0 Å². The summed E-state index contributed by atoms with van der Waals surface area (Å²) in [7, 11) is 0. The van der Waals surface area contributed by atoms with Crippen LogP contribution in [0.1, 0.15) is 11.3 Å². The maximum Gasteiger partial charge on any atom is 0.189 e. The van der Waals surface area contributed by atoms with Crippen LogP contribution in [0.3, 0.4) is 0 Å². The first-order valence-electron chi connectivity index (χ1n) is 7.41. The molecule has 5 rings (SSSR count). The summed E-state index contributed by atoms with van der Waals surface area (Å²) in [5.74, 6) is 0. The minimum absolute atomic E-state index is 0.633. The first kappa shape index (κ1) is 12.7. The fourth-order valence-electron chi connectivity index (χ4n) is 3.24. The van der Waals surface area contributed by atoms with E-state index in [1.54, 1.807) is 0 Å². The van der Waals surface area contributed by atoms with Gasteiger partial charge in [-0.3, -0.25) is 4.57 Å². The van der Waals surface area contributed by atoms with Gasteiger partial charge < -0.3 is 4.42 Å². The molecule has 0 atom stereocenters. The van der Waals surface area contributed by atoms with Gasteiger partial charge in [0.05, 0.1) is 16.8 Å². The summed E-state index contributed by atoms with van der Waals surface area (Å²) in [6.07, 6.45) is 9.11. The Kier molecular flexibility index (Phi) is 2.54. The number of furan rings is 1. The van der Waals surface area contributed by atoms with Gasteiger partial charge in [0.15, 0.2) is 22.4 Å². The van der Waals surface area contributed by atoms with E-state index in [2.05, 4.69) is 28.8 Å². The van der Waals surface area contributed by atoms with Crippen LogP contribution >= 0.6 is 11.6 Å². The number of allylic oxidation sites excluding steroid dienone is 2. The van der Waals surface area contributed by atoms with Gasteiger partial charge in [0, 0.05) is 11.5 Å². The van der Waals surface area contributed by atoms with Gasteiger partial charge in [0.25, 0.3) is 0 Å². The highest BCUT2D eigenvalue weighted by atomic mass is 35.5. The van der Waals surface area contributed by atoms with Gasteiger partial charge in [-0.25, -0.2) is 0 Å². The zero-order valence-electron chi connectivity index (χ0n) is 12.1. The van der Waals surface area contributed by atoms with Crippen molar-refractivity contribution in [3.8, 4) is 5.69 Å². The first-order valence-corrected chi connectivity index (χ1v) is 7.79. The van der Waals surface area contributed by atoms with E-state index in [9.17, 15) is 0 Å². The topological polar surface area (TPSA) is 18.1 Å². The zero-order chi connectivity index (χ0) is 15.4. The number of hydrogen-bond acceptors (Lipinski definition) is 1. The highest BCUT2D eigenvalue weighted by Gasteiger charge is 2.28. The molecule has 0 saturated carbocycles. The number of benzene rings is 2. The van der Waals surface area contributed by atoms with Crippen LogP contribution in [-0.4, -0.2) is 4.57 Å². The Bertz CT molecular complexity index is 1110. The Labute approximate surface area is 137 Å². The molecule has 1 aliphatic carbocycles. The molecular formula is C20H11ClNO+. The monoisotopic (exact) mass is 316 g/mol. The molecule has 23 heavy (non-hydrogen) atoms. The Morgan fingerprint density at radius 3 is 2.70 bits per heavy atom. The van der Waals surface area contributed by atoms with Crippen LogP contribution in [0.25, 0.3) is 39.9 Å². The molecule has 1 aliphatic rings. The van der Waals surface area contributed by atoms with E-state index in [0.29, 0.717) is 5.02 Å². The maximum absolute atomic E-state index is 6.33. The Morgan fingerprint density at radius 2 is 1.83 bits per heavy atom. The molecule has 0 spiro atoms. The quantitative estimate of drug-likeness (QED) is 0.401. The molecule has 0 fully saturated rings. The van der Waals surface area contributed by atoms with E-state index in [-0.39, 0.29) is 0 Å². The lowest BCUT2D eigenvalue weighted by Crippen LogP contribution is -1.97. The smallest absolute Gasteiger partial charge is 0.189 e. The van der Waals surface area contributed by atoms with E-state index in [1.165, 1.54) is 0 Å². The molecule has 2 heterocycles. The predicted octanol–water partition coefficient (Wildman–Crippen LogP) is 5.87. The molecule has 0 aliphatic heterocycles. The molecule has 0 bridgehead atoms. The molecule has 0 unspecified atom stereocenters. The van der Waals surface area contributed by atoms with Gasteiger partial charge in [-0.05, 0) is 24.3 Å². The second kappa shape index (κ2) is 4.60. The number of hydrogen-bond donors (Lipinski definition) is 0. The zero-order valence-corrected chi connectivity index (χ0v) is 12.8. The van der Waals surface area contributed by atoms with Crippen molar-refractivity contribution in [3.63, 3.8) is 0 Å². The number of rotatable bonds is 1. The van der Waals surface area contributed by atoms with Crippen molar-refractivity contribution in [1.82, 2.24) is 4.57 Å². The van der Waals surface area contributed by atoms with Crippen molar-refractivity contribution < 1.29 is 4.42 Å². The van der Waals surface area contributed by atoms with Gasteiger partial charge in [-0.2, -0.15) is 0 Å². The van der Waals surface area contributed by atoms with Gasteiger partial charge >= 0.3 is 0 Å². The van der Waals surface area contributed by atoms with Crippen molar-refractivity contribution in [2.24, 2.45) is 0 Å². The van der Waals surface area contributed by atoms with Crippen molar-refractivity contribution in [1.29, 1.82) is 0 Å². The third-order valence-electron chi connectivity index (χ3n) is 4.21. The molecule has 3 heteroatoms. The van der Waals surface area contributed by atoms with Gasteiger partial charge in [0.1, 0.15) is 17.7 Å². The summed E-state index contributed by atoms with van der Waals surface area (Å²) in [6, 6.07) is 16.1. The second-order valence-corrected chi connectivity index (χ2v) is 5.92. The van der Waals surface area contributed by atoms with Crippen LogP contribution in [0.5, 0.6) is 0 Å². The van der Waals surface area contributed by atoms with Crippen molar-refractivity contribution in [3.05, 3.63) is 77.0 Å². The average molecular weight is 317 g/mol. The van der Waals surface area contributed by atoms with Gasteiger partial charge in [-0.1, -0.05) is 35.9 Å². The molecule has 108 valence electrons. The molecule has 4 aromatic rings. The summed E-state index contributed by atoms with van der Waals surface area (Å²) in [5.41, 5.74) is 5.88. The van der Waals surface area contributed by atoms with E-state index < -0.39 is 0 Å². The number of nitrogens with zero attached hydrogens (tertiary/aromatic N) is 1. The van der Waals surface area contributed by atoms with Gasteiger partial charge in [-0.15, -0.1) is 0 Å². The Morgan fingerprint density at radius 1 is 0.957 bits per heavy atom. The molecule has 2 nitrogen and oxygen atoms in total. The van der Waals surface area contributed by atoms with Crippen LogP contribution in [0, 0.1) is 6.08 Å². The molecule has 0 radical (unpaired) electrons. The fraction of sp³-hybridized carbons (Fsp3) is 0. The third-order valence-corrected chi connectivity index (χ3v) is 4.50. The highest BCUT2D eigenvalue weighted by Crippen LogP contribution is 2.41. The number of fused-ring (bicyclic) bond motifs is 5. The normalized spacial score (nSPS) is 12.7. The van der Waals surface area contributed by atoms with E-state index in [0.717, 1.165) is 39.0 Å². The van der Waals surface area contributed by atoms with Crippen molar-refractivity contribution in [2.75, 3.05) is 0 Å². The summed E-state index contributed by atoms with van der Waals surface area (Å²) < 4.78 is 8.34. The number of halogens is 1. The first-order chi connectivity index (χ1) is 11.3. The SMILES string of the molecule is Clc1cccc2c1oc1c3c(n(-c4ccccc4)c12)C=[C+]C=C3. The Balaban J connectivity index is 2.03. The molecule has 2 aromatic heterocycles. The summed E-state index contributed by atoms with van der Waals surface area (Å²) in [5, 5.41) is 1.65. The molecule has 0 N–H and O–H groups in total. The standard InChI is InChI=1S/C20H11ClNO/c21-16-11-6-10-15-18-20(23-19(15)16)14-9-4-5-12-17(14)22(18)13-7-2-1-3-8-13/h1-4,6-12H/q+1. The predicted molar refractivity (Wildman–Crippen MR) is 94.8 cm³/mol. The lowest BCUT2D eigenvalue weighted by Gasteiger charge is -2.05. The van der Waals surface area contributed by atoms with Crippen LogP contribution in [0.2, 0.25) is 5.02 Å². The van der Waals surface area contributed by atoms with E-state index >= 15 is 0 Å². The third kappa shape index (κ3) is 1.68. The largest absolute Gasteiger partial charge is 0.450 e. The molecule has 0 amide bonds. The minimum atomic E-state index is 0.633. The molecule has 0 saturated heterocycles. The molecular weight excluding hydrogens is 306 g/mol. The van der Waals surface area contributed by atoms with E-state index in [1.807, 2.05) is 48.6 Å².